The van der Waals surface area contributed by atoms with E-state index >= 15 is 0 Å². The molecule has 0 heterocycles. The van der Waals surface area contributed by atoms with Crippen molar-refractivity contribution in [2.24, 2.45) is 46.3 Å². The molecule has 8 atom stereocenters. The minimum Gasteiger partial charge on any atom is -0.505 e. The summed E-state index contributed by atoms with van der Waals surface area (Å²) in [5, 5.41) is 39.7. The summed E-state index contributed by atoms with van der Waals surface area (Å²) in [6, 6.07) is 5.46. The van der Waals surface area contributed by atoms with Gasteiger partial charge in [0.1, 0.15) is 22.6 Å². The number of phenols is 2. The monoisotopic (exact) mass is 735 g/mol. The van der Waals surface area contributed by atoms with Crippen molar-refractivity contribution in [2.75, 3.05) is 0 Å². The first-order chi connectivity index (χ1) is 23.0. The van der Waals surface area contributed by atoms with E-state index in [0.29, 0.717) is 59.1 Å². The highest BCUT2D eigenvalue weighted by atomic mass is 35.5. The quantitative estimate of drug-likeness (QED) is 0.181. The van der Waals surface area contributed by atoms with Crippen LogP contribution < -0.4 is 6.15 Å². The molecule has 6 rings (SSSR count). The lowest BCUT2D eigenvalue weighted by molar-refractivity contribution is -0.164. The van der Waals surface area contributed by atoms with Crippen molar-refractivity contribution in [2.45, 2.75) is 97.3 Å². The zero-order valence-electron chi connectivity index (χ0n) is 29.0. The van der Waals surface area contributed by atoms with E-state index in [1.165, 1.54) is 30.7 Å². The number of allylic oxidation sites excluding steroid dienone is 1. The van der Waals surface area contributed by atoms with Gasteiger partial charge in [0.15, 0.2) is 0 Å². The lowest BCUT2D eigenvalue weighted by Crippen LogP contribution is -2.55. The van der Waals surface area contributed by atoms with Crippen LogP contribution in [0.2, 0.25) is 10.0 Å². The fourth-order valence-corrected chi connectivity index (χ4v) is 11.5. The SMILES string of the molecule is CC(CCC=C(c1cc(Cl)c(O)c(C(=O)O)c1)c1cc(Cl)c(O)c(C(=O)O)c1)C1CCC2[C@@H]3CC[C@@H]4CC(F)(F)CC[C@]4(C)C3CC[C@]12C.N. The molecular formula is C39H49Cl2F2NO6. The maximum absolute atomic E-state index is 14.4. The van der Waals surface area contributed by atoms with Crippen LogP contribution >= 0.6 is 23.2 Å². The highest BCUT2D eigenvalue weighted by Gasteiger charge is 2.62. The Morgan fingerprint density at radius 1 is 0.840 bits per heavy atom. The standard InChI is InChI=1S/C39H46Cl2F2O6.H3N/c1-20(28-9-10-29-25-8-7-23-19-39(42,43)14-13-37(23,2)30(25)11-12-38(28,29)3)5-4-6-24(21-15-26(35(46)47)33(44)31(40)17-21)22-16-27(36(48)49)34(45)32(41)18-22;/h6,15-18,20,23,25,28-30,44-45H,4-5,7-14,19H2,1-3H3,(H,46,47)(H,48,49);1H3/t20?,23-,25+,28?,29?,30?,37+,38-;/m1./s1. The van der Waals surface area contributed by atoms with Gasteiger partial charge in [-0.3, -0.25) is 0 Å². The van der Waals surface area contributed by atoms with Crippen molar-refractivity contribution in [1.29, 1.82) is 0 Å². The van der Waals surface area contributed by atoms with Crippen molar-refractivity contribution in [1.82, 2.24) is 6.15 Å². The molecule has 4 saturated carbocycles. The number of aromatic carboxylic acids is 2. The van der Waals surface area contributed by atoms with Crippen LogP contribution in [0.1, 0.15) is 123 Å². The summed E-state index contributed by atoms with van der Waals surface area (Å²) in [6.07, 6.45) is 10.5. The van der Waals surface area contributed by atoms with Gasteiger partial charge < -0.3 is 26.6 Å². The van der Waals surface area contributed by atoms with Gasteiger partial charge in [-0.25, -0.2) is 18.4 Å². The Labute approximate surface area is 302 Å². The predicted molar refractivity (Wildman–Crippen MR) is 191 cm³/mol. The van der Waals surface area contributed by atoms with Crippen LogP contribution in [0.15, 0.2) is 30.3 Å². The number of fused-ring (bicyclic) bond motifs is 5. The van der Waals surface area contributed by atoms with E-state index in [4.69, 9.17) is 23.2 Å². The van der Waals surface area contributed by atoms with Crippen LogP contribution in [0, 0.1) is 46.3 Å². The summed E-state index contributed by atoms with van der Waals surface area (Å²) in [5.41, 5.74) is 0.609. The minimum atomic E-state index is -2.53. The number of aromatic hydroxyl groups is 2. The number of hydrogen-bond acceptors (Lipinski definition) is 5. The van der Waals surface area contributed by atoms with Crippen LogP contribution in [-0.2, 0) is 0 Å². The number of benzene rings is 2. The number of carboxylic acids is 2. The Kier molecular flexibility index (Phi) is 10.7. The minimum absolute atomic E-state index is 0. The molecule has 7 nitrogen and oxygen atoms in total. The first-order valence-electron chi connectivity index (χ1n) is 17.6. The fourth-order valence-electron chi connectivity index (χ4n) is 11.1. The van der Waals surface area contributed by atoms with Gasteiger partial charge in [-0.05, 0) is 145 Å². The Balaban J connectivity index is 0.00000486. The average Bonchev–Trinajstić information content (AvgIpc) is 3.39. The lowest BCUT2D eigenvalue weighted by Gasteiger charge is -2.61. The molecule has 4 aliphatic carbocycles. The van der Waals surface area contributed by atoms with Gasteiger partial charge in [0.05, 0.1) is 10.0 Å². The largest absolute Gasteiger partial charge is 0.505 e. The molecule has 2 aromatic carbocycles. The second-order valence-electron chi connectivity index (χ2n) is 15.9. The second-order valence-corrected chi connectivity index (χ2v) is 16.8. The molecule has 4 fully saturated rings. The van der Waals surface area contributed by atoms with Crippen molar-refractivity contribution < 1.29 is 38.8 Å². The lowest BCUT2D eigenvalue weighted by atomic mass is 9.44. The highest BCUT2D eigenvalue weighted by molar-refractivity contribution is 6.33. The van der Waals surface area contributed by atoms with Crippen molar-refractivity contribution in [3.05, 3.63) is 62.6 Å². The third kappa shape index (κ3) is 6.63. The molecule has 0 aromatic heterocycles. The van der Waals surface area contributed by atoms with Gasteiger partial charge in [-0.2, -0.15) is 0 Å². The van der Waals surface area contributed by atoms with Gasteiger partial charge in [0.25, 0.3) is 0 Å². The maximum atomic E-state index is 14.4. The number of carbonyl (C=O) groups is 2. The second kappa shape index (κ2) is 13.9. The van der Waals surface area contributed by atoms with E-state index in [0.717, 1.165) is 38.5 Å². The molecule has 4 aliphatic rings. The van der Waals surface area contributed by atoms with Crippen LogP contribution in [0.25, 0.3) is 5.57 Å². The Morgan fingerprint density at radius 3 is 1.96 bits per heavy atom. The first-order valence-corrected chi connectivity index (χ1v) is 18.3. The molecular weight excluding hydrogens is 687 g/mol. The molecule has 2 aromatic rings. The molecule has 4 unspecified atom stereocenters. The summed E-state index contributed by atoms with van der Waals surface area (Å²) < 4.78 is 28.8. The van der Waals surface area contributed by atoms with E-state index < -0.39 is 40.5 Å². The molecule has 7 N–H and O–H groups in total. The summed E-state index contributed by atoms with van der Waals surface area (Å²) >= 11 is 12.5. The molecule has 0 amide bonds. The number of alkyl halides is 2. The van der Waals surface area contributed by atoms with Gasteiger partial charge in [-0.1, -0.05) is 50.0 Å². The number of halogens is 4. The summed E-state index contributed by atoms with van der Waals surface area (Å²) in [5.74, 6) is -3.73. The third-order valence-corrected chi connectivity index (χ3v) is 14.2. The van der Waals surface area contributed by atoms with Crippen molar-refractivity contribution in [3.8, 4) is 11.5 Å². The average molecular weight is 737 g/mol. The fraction of sp³-hybridized carbons (Fsp3) is 0.590. The Morgan fingerprint density at radius 2 is 1.40 bits per heavy atom. The molecule has 50 heavy (non-hydrogen) atoms. The Hall–Kier alpha value is -2.88. The highest BCUT2D eigenvalue weighted by Crippen LogP contribution is 2.69. The van der Waals surface area contributed by atoms with Crippen LogP contribution in [0.5, 0.6) is 11.5 Å². The van der Waals surface area contributed by atoms with E-state index in [2.05, 4.69) is 20.8 Å². The third-order valence-electron chi connectivity index (χ3n) is 13.6. The van der Waals surface area contributed by atoms with Crippen LogP contribution in [-0.4, -0.2) is 38.3 Å². The van der Waals surface area contributed by atoms with Crippen molar-refractivity contribution >= 4 is 40.7 Å². The van der Waals surface area contributed by atoms with E-state index in [1.807, 2.05) is 6.08 Å². The predicted octanol–water partition coefficient (Wildman–Crippen LogP) is 11.1. The maximum Gasteiger partial charge on any atom is 0.339 e. The van der Waals surface area contributed by atoms with Gasteiger partial charge in [0.2, 0.25) is 5.92 Å². The first kappa shape index (κ1) is 38.4. The number of rotatable bonds is 8. The molecule has 0 aliphatic heterocycles. The normalized spacial score (nSPS) is 31.7. The van der Waals surface area contributed by atoms with Crippen LogP contribution in [0.4, 0.5) is 8.78 Å². The van der Waals surface area contributed by atoms with Gasteiger partial charge >= 0.3 is 11.9 Å². The van der Waals surface area contributed by atoms with E-state index in [1.54, 1.807) is 0 Å². The van der Waals surface area contributed by atoms with E-state index in [-0.39, 0.29) is 45.8 Å². The summed E-state index contributed by atoms with van der Waals surface area (Å²) in [6.45, 7) is 7.07. The molecule has 274 valence electrons. The summed E-state index contributed by atoms with van der Waals surface area (Å²) in [7, 11) is 0. The van der Waals surface area contributed by atoms with E-state index in [9.17, 15) is 38.8 Å². The zero-order valence-corrected chi connectivity index (χ0v) is 30.5. The molecule has 0 saturated heterocycles. The zero-order chi connectivity index (χ0) is 35.6. The van der Waals surface area contributed by atoms with Gasteiger partial charge in [-0.15, -0.1) is 0 Å². The molecule has 0 spiro atoms. The number of carboxylic acid groups (broad SMARTS) is 2. The van der Waals surface area contributed by atoms with Crippen molar-refractivity contribution in [3.63, 3.8) is 0 Å². The number of hydrogen-bond donors (Lipinski definition) is 5. The molecule has 0 radical (unpaired) electrons. The van der Waals surface area contributed by atoms with Crippen LogP contribution in [0.3, 0.4) is 0 Å². The topological polar surface area (TPSA) is 150 Å². The molecule has 0 bridgehead atoms. The smallest absolute Gasteiger partial charge is 0.339 e. The molecule has 11 heteroatoms. The Bertz CT molecular complexity index is 1630. The van der Waals surface area contributed by atoms with Gasteiger partial charge in [0, 0.05) is 12.8 Å². The summed E-state index contributed by atoms with van der Waals surface area (Å²) in [4.78, 5) is 23.8.